The lowest BCUT2D eigenvalue weighted by atomic mass is 10.4. The predicted molar refractivity (Wildman–Crippen MR) is 72.5 cm³/mol. The molecule has 1 N–H and O–H groups in total. The third-order valence-electron chi connectivity index (χ3n) is 2.48. The summed E-state index contributed by atoms with van der Waals surface area (Å²) in [6, 6.07) is 3.01. The molecule has 0 aromatic carbocycles. The van der Waals surface area contributed by atoms with E-state index in [1.807, 2.05) is 0 Å². The molecule has 1 aromatic rings. The standard InChI is InChI=1S/C12H20N2O5S/c1-4-18-11(15)7-8-13-9-10-5-6-12(19-10)20(16,17)14(2)3/h5-6,13H,4,7-9H2,1-3H3. The van der Waals surface area contributed by atoms with Crippen LogP contribution in [0.4, 0.5) is 0 Å². The average Bonchev–Trinajstić information content (AvgIpc) is 2.84. The van der Waals surface area contributed by atoms with Gasteiger partial charge >= 0.3 is 5.97 Å². The van der Waals surface area contributed by atoms with Gasteiger partial charge in [-0.25, -0.2) is 12.7 Å². The molecule has 114 valence electrons. The Morgan fingerprint density at radius 2 is 2.10 bits per heavy atom. The van der Waals surface area contributed by atoms with Crippen molar-refractivity contribution in [3.63, 3.8) is 0 Å². The summed E-state index contributed by atoms with van der Waals surface area (Å²) in [5.41, 5.74) is 0. The van der Waals surface area contributed by atoms with Gasteiger partial charge in [-0.05, 0) is 19.1 Å². The van der Waals surface area contributed by atoms with Gasteiger partial charge in [0.25, 0.3) is 10.0 Å². The van der Waals surface area contributed by atoms with E-state index < -0.39 is 10.0 Å². The molecule has 7 nitrogen and oxygen atoms in total. The Bertz CT molecular complexity index is 536. The van der Waals surface area contributed by atoms with Crippen LogP contribution in [0.25, 0.3) is 0 Å². The molecule has 0 amide bonds. The van der Waals surface area contributed by atoms with Gasteiger partial charge in [-0.1, -0.05) is 0 Å². The third-order valence-corrected chi connectivity index (χ3v) is 4.17. The smallest absolute Gasteiger partial charge is 0.307 e. The number of hydrogen-bond acceptors (Lipinski definition) is 6. The summed E-state index contributed by atoms with van der Waals surface area (Å²) in [6.45, 7) is 2.90. The van der Waals surface area contributed by atoms with E-state index in [4.69, 9.17) is 9.15 Å². The molecule has 1 rings (SSSR count). The first kappa shape index (κ1) is 16.7. The SMILES string of the molecule is CCOC(=O)CCNCc1ccc(S(=O)(=O)N(C)C)o1. The molecule has 0 atom stereocenters. The summed E-state index contributed by atoms with van der Waals surface area (Å²) in [6.07, 6.45) is 0.261. The highest BCUT2D eigenvalue weighted by atomic mass is 32.2. The molecule has 0 saturated heterocycles. The van der Waals surface area contributed by atoms with Crippen LogP contribution >= 0.6 is 0 Å². The fraction of sp³-hybridized carbons (Fsp3) is 0.583. The highest BCUT2D eigenvalue weighted by Gasteiger charge is 2.21. The molecule has 1 heterocycles. The van der Waals surface area contributed by atoms with Crippen LogP contribution in [-0.4, -0.2) is 45.9 Å². The monoisotopic (exact) mass is 304 g/mol. The number of nitrogens with one attached hydrogen (secondary N) is 1. The number of furan rings is 1. The van der Waals surface area contributed by atoms with E-state index in [1.165, 1.54) is 20.2 Å². The van der Waals surface area contributed by atoms with Gasteiger partial charge < -0.3 is 14.5 Å². The van der Waals surface area contributed by atoms with Crippen molar-refractivity contribution in [1.29, 1.82) is 0 Å². The quantitative estimate of drug-likeness (QED) is 0.558. The first-order valence-corrected chi connectivity index (χ1v) is 7.69. The van der Waals surface area contributed by atoms with E-state index in [0.29, 0.717) is 25.5 Å². The Labute approximate surface area is 118 Å². The number of nitrogens with zero attached hydrogens (tertiary/aromatic N) is 1. The van der Waals surface area contributed by atoms with Gasteiger partial charge in [0.1, 0.15) is 5.76 Å². The van der Waals surface area contributed by atoms with E-state index >= 15 is 0 Å². The summed E-state index contributed by atoms with van der Waals surface area (Å²) in [4.78, 5) is 11.1. The molecule has 0 saturated carbocycles. The number of rotatable bonds is 8. The fourth-order valence-corrected chi connectivity index (χ4v) is 2.22. The zero-order chi connectivity index (χ0) is 15.2. The van der Waals surface area contributed by atoms with Crippen molar-refractivity contribution in [2.45, 2.75) is 25.0 Å². The molecule has 0 bridgehead atoms. The Balaban J connectivity index is 2.44. The van der Waals surface area contributed by atoms with Gasteiger partial charge in [0, 0.05) is 20.6 Å². The van der Waals surface area contributed by atoms with Crippen molar-refractivity contribution < 1.29 is 22.4 Å². The largest absolute Gasteiger partial charge is 0.466 e. The van der Waals surface area contributed by atoms with Crippen molar-refractivity contribution in [1.82, 2.24) is 9.62 Å². The number of esters is 1. The molecule has 0 aliphatic carbocycles. The zero-order valence-electron chi connectivity index (χ0n) is 11.9. The highest BCUT2D eigenvalue weighted by Crippen LogP contribution is 2.16. The van der Waals surface area contributed by atoms with Gasteiger partial charge in [0.2, 0.25) is 5.09 Å². The van der Waals surface area contributed by atoms with Crippen LogP contribution in [0.2, 0.25) is 0 Å². The van der Waals surface area contributed by atoms with Crippen LogP contribution < -0.4 is 5.32 Å². The Morgan fingerprint density at radius 3 is 2.70 bits per heavy atom. The topological polar surface area (TPSA) is 88.8 Å². The maximum Gasteiger partial charge on any atom is 0.307 e. The average molecular weight is 304 g/mol. The maximum atomic E-state index is 11.8. The molecular weight excluding hydrogens is 284 g/mol. The summed E-state index contributed by atoms with van der Waals surface area (Å²) in [5.74, 6) is 0.226. The van der Waals surface area contributed by atoms with Crippen LogP contribution in [0.1, 0.15) is 19.1 Å². The van der Waals surface area contributed by atoms with Gasteiger partial charge in [0.15, 0.2) is 0 Å². The normalized spacial score (nSPS) is 11.8. The van der Waals surface area contributed by atoms with Crippen molar-refractivity contribution in [2.24, 2.45) is 0 Å². The van der Waals surface area contributed by atoms with E-state index in [9.17, 15) is 13.2 Å². The minimum atomic E-state index is -3.54. The van der Waals surface area contributed by atoms with Gasteiger partial charge in [-0.3, -0.25) is 4.79 Å². The fourth-order valence-electron chi connectivity index (χ4n) is 1.41. The first-order valence-electron chi connectivity index (χ1n) is 6.25. The Morgan fingerprint density at radius 1 is 1.40 bits per heavy atom. The molecular formula is C12H20N2O5S. The molecule has 0 unspecified atom stereocenters. The molecule has 0 radical (unpaired) electrons. The maximum absolute atomic E-state index is 11.8. The minimum absolute atomic E-state index is 0.0929. The van der Waals surface area contributed by atoms with Gasteiger partial charge in [0.05, 0.1) is 19.6 Å². The summed E-state index contributed by atoms with van der Waals surface area (Å²) in [7, 11) is -0.663. The molecule has 1 aromatic heterocycles. The molecule has 0 aliphatic rings. The molecule has 8 heteroatoms. The van der Waals surface area contributed by atoms with E-state index in [0.717, 1.165) is 4.31 Å². The molecule has 0 spiro atoms. The summed E-state index contributed by atoms with van der Waals surface area (Å²) < 4.78 is 34.7. The van der Waals surface area contributed by atoms with Crippen LogP contribution in [0, 0.1) is 0 Å². The predicted octanol–water partition coefficient (Wildman–Crippen LogP) is 0.573. The van der Waals surface area contributed by atoms with Crippen LogP contribution in [0.5, 0.6) is 0 Å². The van der Waals surface area contributed by atoms with E-state index in [-0.39, 0.29) is 17.5 Å². The van der Waals surface area contributed by atoms with Crippen molar-refractivity contribution >= 4 is 16.0 Å². The van der Waals surface area contributed by atoms with Gasteiger partial charge in [-0.2, -0.15) is 0 Å². The number of hydrogen-bond donors (Lipinski definition) is 1. The molecule has 0 fully saturated rings. The number of sulfonamides is 1. The lowest BCUT2D eigenvalue weighted by molar-refractivity contribution is -0.142. The van der Waals surface area contributed by atoms with E-state index in [2.05, 4.69) is 5.32 Å². The van der Waals surface area contributed by atoms with Crippen LogP contribution in [-0.2, 0) is 26.1 Å². The van der Waals surface area contributed by atoms with Crippen molar-refractivity contribution in [3.8, 4) is 0 Å². The first-order chi connectivity index (χ1) is 9.37. The number of carbonyl (C=O) groups is 1. The van der Waals surface area contributed by atoms with E-state index in [1.54, 1.807) is 13.0 Å². The van der Waals surface area contributed by atoms with Gasteiger partial charge in [-0.15, -0.1) is 0 Å². The highest BCUT2D eigenvalue weighted by molar-refractivity contribution is 7.88. The van der Waals surface area contributed by atoms with Crippen molar-refractivity contribution in [3.05, 3.63) is 17.9 Å². The number of carbonyl (C=O) groups excluding carboxylic acids is 1. The van der Waals surface area contributed by atoms with Crippen LogP contribution in [0.3, 0.4) is 0 Å². The Hall–Kier alpha value is -1.38. The summed E-state index contributed by atoms with van der Waals surface area (Å²) >= 11 is 0. The second-order valence-corrected chi connectivity index (χ2v) is 6.32. The zero-order valence-corrected chi connectivity index (χ0v) is 12.7. The molecule has 0 aliphatic heterocycles. The minimum Gasteiger partial charge on any atom is -0.466 e. The summed E-state index contributed by atoms with van der Waals surface area (Å²) in [5, 5.41) is 2.89. The second kappa shape index (κ2) is 7.41. The number of ether oxygens (including phenoxy) is 1. The third kappa shape index (κ3) is 4.62. The molecule has 20 heavy (non-hydrogen) atoms. The van der Waals surface area contributed by atoms with Crippen molar-refractivity contribution in [2.75, 3.05) is 27.2 Å². The second-order valence-electron chi connectivity index (χ2n) is 4.24. The Kier molecular flexibility index (Phi) is 6.18. The lowest BCUT2D eigenvalue weighted by Crippen LogP contribution is -2.21. The lowest BCUT2D eigenvalue weighted by Gasteiger charge is -2.07. The van der Waals surface area contributed by atoms with Crippen LogP contribution in [0.15, 0.2) is 21.6 Å².